The molecule has 5 nitrogen and oxygen atoms in total. The van der Waals surface area contributed by atoms with Gasteiger partial charge in [-0.05, 0) is 30.3 Å². The largest absolute Gasteiger partial charge is 0.478 e. The normalized spacial score (nSPS) is 9.68. The van der Waals surface area contributed by atoms with E-state index < -0.39 is 5.97 Å². The van der Waals surface area contributed by atoms with Crippen LogP contribution in [0, 0.1) is 11.3 Å². The first-order valence-electron chi connectivity index (χ1n) is 5.17. The molecule has 0 aliphatic carbocycles. The molecule has 0 saturated heterocycles. The Balaban J connectivity index is 2.32. The van der Waals surface area contributed by atoms with Crippen molar-refractivity contribution in [3.63, 3.8) is 0 Å². The van der Waals surface area contributed by atoms with Crippen molar-refractivity contribution in [3.05, 3.63) is 52.8 Å². The van der Waals surface area contributed by atoms with Gasteiger partial charge in [0.1, 0.15) is 28.8 Å². The maximum Gasteiger partial charge on any atom is 0.339 e. The highest BCUT2D eigenvalue weighted by atomic mass is 35.5. The zero-order valence-corrected chi connectivity index (χ0v) is 10.3. The van der Waals surface area contributed by atoms with Gasteiger partial charge >= 0.3 is 5.97 Å². The Kier molecular flexibility index (Phi) is 3.64. The number of nitriles is 1. The van der Waals surface area contributed by atoms with Crippen LogP contribution in [-0.4, -0.2) is 16.1 Å². The van der Waals surface area contributed by atoms with Crippen LogP contribution < -0.4 is 4.74 Å². The SMILES string of the molecule is N#Cc1ccc(Oc2ccc(Cl)cc2C(=O)O)cn1. The third-order valence-electron chi connectivity index (χ3n) is 2.25. The molecule has 1 heterocycles. The van der Waals surface area contributed by atoms with Crippen molar-refractivity contribution < 1.29 is 14.6 Å². The number of hydrogen-bond donors (Lipinski definition) is 1. The van der Waals surface area contributed by atoms with Crippen molar-refractivity contribution in [1.29, 1.82) is 5.26 Å². The molecule has 0 aliphatic rings. The average Bonchev–Trinajstić information content (AvgIpc) is 2.41. The van der Waals surface area contributed by atoms with E-state index in [4.69, 9.17) is 26.7 Å². The molecule has 0 fully saturated rings. The van der Waals surface area contributed by atoms with Crippen molar-refractivity contribution in [1.82, 2.24) is 4.98 Å². The Morgan fingerprint density at radius 3 is 2.74 bits per heavy atom. The molecule has 0 spiro atoms. The highest BCUT2D eigenvalue weighted by molar-refractivity contribution is 6.31. The van der Waals surface area contributed by atoms with E-state index in [2.05, 4.69) is 4.98 Å². The first-order valence-corrected chi connectivity index (χ1v) is 5.55. The van der Waals surface area contributed by atoms with Gasteiger partial charge in [-0.3, -0.25) is 0 Å². The minimum Gasteiger partial charge on any atom is -0.478 e. The predicted molar refractivity (Wildman–Crippen MR) is 67.4 cm³/mol. The van der Waals surface area contributed by atoms with E-state index in [-0.39, 0.29) is 17.0 Å². The van der Waals surface area contributed by atoms with Crippen LogP contribution in [0.25, 0.3) is 0 Å². The van der Waals surface area contributed by atoms with E-state index in [1.54, 1.807) is 0 Å². The lowest BCUT2D eigenvalue weighted by Crippen LogP contribution is -2.00. The molecule has 0 radical (unpaired) electrons. The lowest BCUT2D eigenvalue weighted by molar-refractivity contribution is 0.0694. The average molecular weight is 275 g/mol. The Morgan fingerprint density at radius 1 is 1.37 bits per heavy atom. The van der Waals surface area contributed by atoms with Crippen molar-refractivity contribution in [2.45, 2.75) is 0 Å². The maximum atomic E-state index is 11.1. The molecule has 2 aromatic rings. The maximum absolute atomic E-state index is 11.1. The Morgan fingerprint density at radius 2 is 2.16 bits per heavy atom. The van der Waals surface area contributed by atoms with Crippen molar-refractivity contribution in [2.75, 3.05) is 0 Å². The quantitative estimate of drug-likeness (QED) is 0.930. The molecule has 1 aromatic heterocycles. The third-order valence-corrected chi connectivity index (χ3v) is 2.49. The van der Waals surface area contributed by atoms with Gasteiger partial charge in [0.15, 0.2) is 0 Å². The van der Waals surface area contributed by atoms with Crippen LogP contribution in [0.2, 0.25) is 5.02 Å². The molecular weight excluding hydrogens is 268 g/mol. The minimum absolute atomic E-state index is 0.0446. The van der Waals surface area contributed by atoms with E-state index in [9.17, 15) is 4.79 Å². The standard InChI is InChI=1S/C13H7ClN2O3/c14-8-1-4-12(11(5-8)13(17)18)19-10-3-2-9(6-15)16-7-10/h1-5,7H,(H,17,18). The molecule has 0 atom stereocenters. The van der Waals surface area contributed by atoms with Gasteiger partial charge in [-0.2, -0.15) is 5.26 Å². The molecule has 1 aromatic carbocycles. The molecule has 0 bridgehead atoms. The van der Waals surface area contributed by atoms with Gasteiger partial charge < -0.3 is 9.84 Å². The molecule has 1 N–H and O–H groups in total. The summed E-state index contributed by atoms with van der Waals surface area (Å²) in [4.78, 5) is 14.9. The molecule has 19 heavy (non-hydrogen) atoms. The van der Waals surface area contributed by atoms with Gasteiger partial charge in [-0.25, -0.2) is 9.78 Å². The summed E-state index contributed by atoms with van der Waals surface area (Å²) in [6.45, 7) is 0. The number of carboxylic acids is 1. The molecule has 0 amide bonds. The van der Waals surface area contributed by atoms with Gasteiger partial charge in [0.05, 0.1) is 6.20 Å². The minimum atomic E-state index is -1.14. The predicted octanol–water partition coefficient (Wildman–Crippen LogP) is 3.10. The Bertz CT molecular complexity index is 663. The fourth-order valence-electron chi connectivity index (χ4n) is 1.39. The number of halogens is 1. The summed E-state index contributed by atoms with van der Waals surface area (Å²) in [5.74, 6) is -0.647. The van der Waals surface area contributed by atoms with Crippen molar-refractivity contribution >= 4 is 17.6 Å². The van der Waals surface area contributed by atoms with Crippen LogP contribution >= 0.6 is 11.6 Å². The van der Waals surface area contributed by atoms with Crippen LogP contribution in [0.5, 0.6) is 11.5 Å². The number of nitrogens with zero attached hydrogens (tertiary/aromatic N) is 2. The lowest BCUT2D eigenvalue weighted by Gasteiger charge is -2.08. The Hall–Kier alpha value is -2.58. The summed E-state index contributed by atoms with van der Waals surface area (Å²) < 4.78 is 5.41. The molecule has 0 aliphatic heterocycles. The van der Waals surface area contributed by atoms with E-state index >= 15 is 0 Å². The highest BCUT2D eigenvalue weighted by Gasteiger charge is 2.12. The Labute approximate surface area is 113 Å². The van der Waals surface area contributed by atoms with Gasteiger partial charge in [-0.15, -0.1) is 0 Å². The number of aromatic nitrogens is 1. The number of aromatic carboxylic acids is 1. The summed E-state index contributed by atoms with van der Waals surface area (Å²) in [5, 5.41) is 18.0. The number of benzene rings is 1. The van der Waals surface area contributed by atoms with Crippen molar-refractivity contribution in [3.8, 4) is 17.6 Å². The second-order valence-electron chi connectivity index (χ2n) is 3.54. The van der Waals surface area contributed by atoms with Crippen LogP contribution in [0.15, 0.2) is 36.5 Å². The fraction of sp³-hybridized carbons (Fsp3) is 0. The topological polar surface area (TPSA) is 83.2 Å². The number of ether oxygens (including phenoxy) is 1. The first-order chi connectivity index (χ1) is 9.10. The second kappa shape index (κ2) is 5.38. The molecule has 0 saturated carbocycles. The van der Waals surface area contributed by atoms with E-state index in [0.29, 0.717) is 10.8 Å². The lowest BCUT2D eigenvalue weighted by atomic mass is 10.2. The highest BCUT2D eigenvalue weighted by Crippen LogP contribution is 2.27. The number of rotatable bonds is 3. The summed E-state index contributed by atoms with van der Waals surface area (Å²) in [6.07, 6.45) is 1.35. The molecule has 0 unspecified atom stereocenters. The van der Waals surface area contributed by atoms with E-state index in [1.165, 1.54) is 36.5 Å². The van der Waals surface area contributed by atoms with Gasteiger partial charge in [0, 0.05) is 5.02 Å². The summed E-state index contributed by atoms with van der Waals surface area (Å²) in [7, 11) is 0. The summed E-state index contributed by atoms with van der Waals surface area (Å²) in [5.41, 5.74) is 0.207. The number of carbonyl (C=O) groups is 1. The fourth-order valence-corrected chi connectivity index (χ4v) is 1.56. The van der Waals surface area contributed by atoms with E-state index in [0.717, 1.165) is 0 Å². The van der Waals surface area contributed by atoms with Crippen LogP contribution in [0.1, 0.15) is 16.1 Å². The number of hydrogen-bond acceptors (Lipinski definition) is 4. The van der Waals surface area contributed by atoms with Gasteiger partial charge in [0.2, 0.25) is 0 Å². The molecule has 2 rings (SSSR count). The monoisotopic (exact) mass is 274 g/mol. The molecule has 6 heteroatoms. The van der Waals surface area contributed by atoms with Gasteiger partial charge in [-0.1, -0.05) is 11.6 Å². The summed E-state index contributed by atoms with van der Waals surface area (Å²) >= 11 is 5.74. The zero-order valence-electron chi connectivity index (χ0n) is 9.50. The molecule has 94 valence electrons. The first kappa shape index (κ1) is 12.9. The van der Waals surface area contributed by atoms with E-state index in [1.807, 2.05) is 6.07 Å². The smallest absolute Gasteiger partial charge is 0.339 e. The van der Waals surface area contributed by atoms with Crippen LogP contribution in [0.4, 0.5) is 0 Å². The van der Waals surface area contributed by atoms with Crippen LogP contribution in [-0.2, 0) is 0 Å². The third kappa shape index (κ3) is 3.00. The van der Waals surface area contributed by atoms with Crippen molar-refractivity contribution in [2.24, 2.45) is 0 Å². The zero-order chi connectivity index (χ0) is 13.8. The second-order valence-corrected chi connectivity index (χ2v) is 3.98. The summed E-state index contributed by atoms with van der Waals surface area (Å²) in [6, 6.07) is 9.18. The van der Waals surface area contributed by atoms with Gasteiger partial charge in [0.25, 0.3) is 0 Å². The number of carboxylic acid groups (broad SMARTS) is 1. The van der Waals surface area contributed by atoms with Crippen LogP contribution in [0.3, 0.4) is 0 Å². The molecular formula is C13H7ClN2O3. The number of pyridine rings is 1.